The Balaban J connectivity index is 1.64. The maximum Gasteiger partial charge on any atom is 0.139 e. The molecule has 0 aliphatic heterocycles. The summed E-state index contributed by atoms with van der Waals surface area (Å²) >= 11 is 0. The first-order valence-corrected chi connectivity index (χ1v) is 9.16. The molecule has 0 heterocycles. The van der Waals surface area contributed by atoms with Crippen LogP contribution in [-0.4, -0.2) is 17.0 Å². The molecule has 4 rings (SSSR count). The van der Waals surface area contributed by atoms with E-state index in [0.717, 1.165) is 49.9 Å². The van der Waals surface area contributed by atoms with Crippen molar-refractivity contribution in [2.75, 3.05) is 0 Å². The number of aliphatic hydroxyl groups excluding tert-OH is 1. The minimum Gasteiger partial charge on any atom is -0.393 e. The highest BCUT2D eigenvalue weighted by atomic mass is 16.3. The predicted octanol–water partition coefficient (Wildman–Crippen LogP) is 3.96. The molecule has 4 saturated carbocycles. The normalized spacial score (nSPS) is 56.5. The minimum absolute atomic E-state index is 0.0124. The van der Waals surface area contributed by atoms with Crippen molar-refractivity contribution in [3.8, 4) is 0 Å². The Kier molecular flexibility index (Phi) is 3.10. The topological polar surface area (TPSA) is 37.3 Å². The molecule has 0 amide bonds. The van der Waals surface area contributed by atoms with Crippen LogP contribution in [0.15, 0.2) is 0 Å². The highest BCUT2D eigenvalue weighted by Gasteiger charge is 2.60. The van der Waals surface area contributed by atoms with Crippen LogP contribution in [-0.2, 0) is 4.79 Å². The largest absolute Gasteiger partial charge is 0.393 e. The van der Waals surface area contributed by atoms with Crippen molar-refractivity contribution in [1.82, 2.24) is 0 Å². The second-order valence-corrected chi connectivity index (χ2v) is 9.00. The van der Waals surface area contributed by atoms with Gasteiger partial charge in [-0.2, -0.15) is 0 Å². The Morgan fingerprint density at radius 3 is 2.62 bits per heavy atom. The van der Waals surface area contributed by atoms with E-state index in [2.05, 4.69) is 13.8 Å². The van der Waals surface area contributed by atoms with Gasteiger partial charge >= 0.3 is 0 Å². The van der Waals surface area contributed by atoms with Crippen molar-refractivity contribution < 1.29 is 9.90 Å². The lowest BCUT2D eigenvalue weighted by Crippen LogP contribution is -2.54. The fraction of sp³-hybridized carbons (Fsp3) is 0.947. The van der Waals surface area contributed by atoms with Crippen LogP contribution in [0.25, 0.3) is 0 Å². The zero-order chi connectivity index (χ0) is 14.8. The van der Waals surface area contributed by atoms with E-state index in [0.29, 0.717) is 17.1 Å². The van der Waals surface area contributed by atoms with Gasteiger partial charge in [-0.1, -0.05) is 13.8 Å². The highest BCUT2D eigenvalue weighted by Crippen LogP contribution is 2.65. The van der Waals surface area contributed by atoms with Crippen LogP contribution < -0.4 is 0 Å². The van der Waals surface area contributed by atoms with Crippen molar-refractivity contribution in [1.29, 1.82) is 0 Å². The van der Waals surface area contributed by atoms with Gasteiger partial charge in [0.2, 0.25) is 0 Å². The van der Waals surface area contributed by atoms with E-state index in [1.165, 1.54) is 25.7 Å². The van der Waals surface area contributed by atoms with Gasteiger partial charge in [-0.15, -0.1) is 0 Å². The lowest BCUT2D eigenvalue weighted by atomic mass is 9.45. The Hall–Kier alpha value is -0.370. The molecule has 4 fully saturated rings. The van der Waals surface area contributed by atoms with Gasteiger partial charge in [-0.3, -0.25) is 4.79 Å². The van der Waals surface area contributed by atoms with Crippen LogP contribution in [0.1, 0.15) is 71.6 Å². The maximum atomic E-state index is 12.4. The third kappa shape index (κ3) is 1.84. The van der Waals surface area contributed by atoms with E-state index < -0.39 is 0 Å². The average molecular weight is 290 g/mol. The van der Waals surface area contributed by atoms with E-state index >= 15 is 0 Å². The van der Waals surface area contributed by atoms with Crippen LogP contribution in [0.5, 0.6) is 0 Å². The minimum atomic E-state index is -0.0541. The molecule has 0 bridgehead atoms. The molecule has 4 aliphatic rings. The van der Waals surface area contributed by atoms with Gasteiger partial charge in [0.1, 0.15) is 5.78 Å². The number of Topliss-reactive ketones (excluding diaryl/α,β-unsaturated/α-hetero) is 1. The molecule has 0 saturated heterocycles. The molecule has 1 N–H and O–H groups in total. The summed E-state index contributed by atoms with van der Waals surface area (Å²) in [5.41, 5.74) is 0.452. The van der Waals surface area contributed by atoms with Crippen molar-refractivity contribution in [3.05, 3.63) is 0 Å². The fourth-order valence-electron chi connectivity index (χ4n) is 7.01. The first-order chi connectivity index (χ1) is 9.95. The number of fused-ring (bicyclic) bond motifs is 5. The molecule has 0 aromatic rings. The number of ketones is 1. The van der Waals surface area contributed by atoms with Crippen molar-refractivity contribution in [2.24, 2.45) is 34.5 Å². The van der Waals surface area contributed by atoms with Crippen LogP contribution >= 0.6 is 0 Å². The summed E-state index contributed by atoms with van der Waals surface area (Å²) in [6.45, 7) is 4.78. The molecule has 118 valence electrons. The smallest absolute Gasteiger partial charge is 0.139 e. The number of carbonyl (C=O) groups excluding carboxylic acids is 1. The molecule has 7 atom stereocenters. The molecule has 0 radical (unpaired) electrons. The molecular weight excluding hydrogens is 260 g/mol. The fourth-order valence-corrected chi connectivity index (χ4v) is 7.01. The molecule has 0 unspecified atom stereocenters. The summed E-state index contributed by atoms with van der Waals surface area (Å²) in [7, 11) is 0. The average Bonchev–Trinajstić information content (AvgIpc) is 2.76. The van der Waals surface area contributed by atoms with Crippen LogP contribution in [0.4, 0.5) is 0 Å². The van der Waals surface area contributed by atoms with Crippen molar-refractivity contribution in [2.45, 2.75) is 77.7 Å². The van der Waals surface area contributed by atoms with E-state index in [-0.39, 0.29) is 11.5 Å². The Morgan fingerprint density at radius 1 is 1.00 bits per heavy atom. The van der Waals surface area contributed by atoms with E-state index in [9.17, 15) is 9.90 Å². The molecule has 2 nitrogen and oxygen atoms in total. The summed E-state index contributed by atoms with van der Waals surface area (Å²) in [5, 5.41) is 10.0. The van der Waals surface area contributed by atoms with Gasteiger partial charge in [0.15, 0.2) is 0 Å². The molecule has 0 spiro atoms. The van der Waals surface area contributed by atoms with Gasteiger partial charge < -0.3 is 5.11 Å². The monoisotopic (exact) mass is 290 g/mol. The van der Waals surface area contributed by atoms with Crippen molar-refractivity contribution >= 4 is 5.78 Å². The lowest BCUT2D eigenvalue weighted by molar-refractivity contribution is -0.142. The number of aliphatic hydroxyl groups is 1. The molecular formula is C19H30O2. The summed E-state index contributed by atoms with van der Waals surface area (Å²) in [6, 6.07) is 0. The standard InChI is InChI=1S/C19H30O2/c1-18-9-7-13(20)11-12(18)3-4-14-15-5-6-17(21)19(15,2)10-8-16(14)18/h12-16,20H,3-11H2,1-2H3/t12-,13-,14-,15+,16-,18+,19+/m1/s1. The number of hydrogen-bond acceptors (Lipinski definition) is 2. The van der Waals surface area contributed by atoms with Gasteiger partial charge in [0.05, 0.1) is 6.10 Å². The summed E-state index contributed by atoms with van der Waals surface area (Å²) in [4.78, 5) is 12.4. The van der Waals surface area contributed by atoms with Gasteiger partial charge in [0, 0.05) is 11.8 Å². The van der Waals surface area contributed by atoms with Crippen LogP contribution in [0.3, 0.4) is 0 Å². The van der Waals surface area contributed by atoms with E-state index in [4.69, 9.17) is 0 Å². The summed E-state index contributed by atoms with van der Waals surface area (Å²) in [5.74, 6) is 3.54. The lowest BCUT2D eigenvalue weighted by Gasteiger charge is -2.60. The van der Waals surface area contributed by atoms with Crippen molar-refractivity contribution in [3.63, 3.8) is 0 Å². The third-order valence-electron chi connectivity index (χ3n) is 8.35. The maximum absolute atomic E-state index is 12.4. The van der Waals surface area contributed by atoms with Gasteiger partial charge in [0.25, 0.3) is 0 Å². The van der Waals surface area contributed by atoms with E-state index in [1.807, 2.05) is 0 Å². The molecule has 2 heteroatoms. The Labute approximate surface area is 128 Å². The molecule has 21 heavy (non-hydrogen) atoms. The third-order valence-corrected chi connectivity index (χ3v) is 8.35. The molecule has 4 aliphatic carbocycles. The molecule has 0 aromatic heterocycles. The zero-order valence-corrected chi connectivity index (χ0v) is 13.6. The summed E-state index contributed by atoms with van der Waals surface area (Å²) < 4.78 is 0. The Bertz CT molecular complexity index is 458. The zero-order valence-electron chi connectivity index (χ0n) is 13.6. The van der Waals surface area contributed by atoms with Gasteiger partial charge in [-0.05, 0) is 80.5 Å². The second-order valence-electron chi connectivity index (χ2n) is 9.00. The molecule has 0 aromatic carbocycles. The van der Waals surface area contributed by atoms with Gasteiger partial charge in [-0.25, -0.2) is 0 Å². The first kappa shape index (κ1) is 14.2. The van der Waals surface area contributed by atoms with Crippen LogP contribution in [0.2, 0.25) is 0 Å². The quantitative estimate of drug-likeness (QED) is 0.733. The number of hydrogen-bond donors (Lipinski definition) is 1. The highest BCUT2D eigenvalue weighted by molar-refractivity contribution is 5.87. The summed E-state index contributed by atoms with van der Waals surface area (Å²) in [6.07, 6.45) is 10.1. The first-order valence-electron chi connectivity index (χ1n) is 9.16. The second kappa shape index (κ2) is 4.57. The number of rotatable bonds is 0. The Morgan fingerprint density at radius 2 is 1.81 bits per heavy atom. The van der Waals surface area contributed by atoms with E-state index in [1.54, 1.807) is 0 Å². The predicted molar refractivity (Wildman–Crippen MR) is 82.7 cm³/mol. The number of carbonyl (C=O) groups is 1. The van der Waals surface area contributed by atoms with Crippen LogP contribution in [0, 0.1) is 34.5 Å². The SMILES string of the molecule is C[C@]12CC[C@@H](O)C[C@H]1CC[C@H]1[C@H]2CC[C@]2(C)C(=O)CC[C@@H]12.